The van der Waals surface area contributed by atoms with Gasteiger partial charge in [-0.05, 0) is 63.5 Å². The van der Waals surface area contributed by atoms with Crippen LogP contribution in [0.15, 0.2) is 18.2 Å². The van der Waals surface area contributed by atoms with Crippen LogP contribution in [-0.4, -0.2) is 38.2 Å². The van der Waals surface area contributed by atoms with Gasteiger partial charge in [-0.2, -0.15) is 0 Å². The van der Waals surface area contributed by atoms with E-state index in [9.17, 15) is 0 Å². The molecule has 1 aromatic carbocycles. The molecule has 0 saturated carbocycles. The zero-order valence-electron chi connectivity index (χ0n) is 13.4. The topological polar surface area (TPSA) is 24.5 Å². The van der Waals surface area contributed by atoms with Crippen LogP contribution in [0.25, 0.3) is 0 Å². The number of aryl methyl sites for hydroxylation is 1. The summed E-state index contributed by atoms with van der Waals surface area (Å²) in [4.78, 5) is 2.53. The molecule has 3 nitrogen and oxygen atoms in total. The normalized spacial score (nSPS) is 23.5. The summed E-state index contributed by atoms with van der Waals surface area (Å²) in [6.45, 7) is 4.57. The van der Waals surface area contributed by atoms with E-state index in [4.69, 9.17) is 4.74 Å². The van der Waals surface area contributed by atoms with Gasteiger partial charge in [-0.15, -0.1) is 0 Å². The number of hydrogen-bond acceptors (Lipinski definition) is 3. The van der Waals surface area contributed by atoms with Crippen LogP contribution < -0.4 is 10.1 Å². The maximum absolute atomic E-state index is 5.40. The fourth-order valence-corrected chi connectivity index (χ4v) is 3.30. The van der Waals surface area contributed by atoms with Crippen molar-refractivity contribution in [3.63, 3.8) is 0 Å². The van der Waals surface area contributed by atoms with Crippen molar-refractivity contribution >= 4 is 0 Å². The van der Waals surface area contributed by atoms with E-state index < -0.39 is 0 Å². The molecule has 1 aliphatic rings. The molecule has 3 unspecified atom stereocenters. The van der Waals surface area contributed by atoms with Crippen molar-refractivity contribution in [3.8, 4) is 5.75 Å². The van der Waals surface area contributed by atoms with E-state index in [2.05, 4.69) is 56.4 Å². The van der Waals surface area contributed by atoms with Gasteiger partial charge in [-0.25, -0.2) is 0 Å². The van der Waals surface area contributed by atoms with Gasteiger partial charge >= 0.3 is 0 Å². The molecule has 20 heavy (non-hydrogen) atoms. The standard InChI is InChI=1S/C17H28N2O/c1-6-12(2)19(4)16-10-8-13-7-9-14(20-5)11-15(13)17(16)18-3/h7,9,11-12,16-18H,6,8,10H2,1-5H3. The van der Waals surface area contributed by atoms with Crippen molar-refractivity contribution in [3.05, 3.63) is 29.3 Å². The summed E-state index contributed by atoms with van der Waals surface area (Å²) in [5.74, 6) is 0.954. The Hall–Kier alpha value is -1.06. The third-order valence-corrected chi connectivity index (χ3v) is 4.90. The van der Waals surface area contributed by atoms with E-state index >= 15 is 0 Å². The first-order valence-corrected chi connectivity index (χ1v) is 7.68. The van der Waals surface area contributed by atoms with Gasteiger partial charge in [0, 0.05) is 18.1 Å². The third-order valence-electron chi connectivity index (χ3n) is 4.90. The minimum Gasteiger partial charge on any atom is -0.497 e. The van der Waals surface area contributed by atoms with E-state index in [1.165, 1.54) is 24.0 Å². The van der Waals surface area contributed by atoms with E-state index in [1.54, 1.807) is 7.11 Å². The Balaban J connectivity index is 2.31. The van der Waals surface area contributed by atoms with Gasteiger partial charge in [0.05, 0.1) is 7.11 Å². The number of nitrogens with zero attached hydrogens (tertiary/aromatic N) is 1. The van der Waals surface area contributed by atoms with Crippen LogP contribution in [0.1, 0.15) is 43.9 Å². The highest BCUT2D eigenvalue weighted by molar-refractivity contribution is 5.40. The molecule has 0 bridgehead atoms. The second kappa shape index (κ2) is 6.59. The Bertz CT molecular complexity index is 447. The molecule has 112 valence electrons. The Kier molecular flexibility index (Phi) is 5.06. The Morgan fingerprint density at radius 2 is 2.20 bits per heavy atom. The zero-order chi connectivity index (χ0) is 14.7. The van der Waals surface area contributed by atoms with E-state index in [-0.39, 0.29) is 0 Å². The summed E-state index contributed by atoms with van der Waals surface area (Å²) in [5, 5.41) is 3.52. The maximum atomic E-state index is 5.40. The Morgan fingerprint density at radius 3 is 2.80 bits per heavy atom. The third kappa shape index (κ3) is 2.84. The molecule has 0 fully saturated rings. The van der Waals surface area contributed by atoms with E-state index in [0.29, 0.717) is 18.1 Å². The molecule has 0 amide bonds. The van der Waals surface area contributed by atoms with Crippen molar-refractivity contribution in [2.75, 3.05) is 21.2 Å². The summed E-state index contributed by atoms with van der Waals surface area (Å²) in [6.07, 6.45) is 3.56. The van der Waals surface area contributed by atoms with Crippen molar-refractivity contribution < 1.29 is 4.74 Å². The fourth-order valence-electron chi connectivity index (χ4n) is 3.30. The van der Waals surface area contributed by atoms with Gasteiger partial charge in [-0.3, -0.25) is 4.90 Å². The van der Waals surface area contributed by atoms with Crippen LogP contribution in [0.5, 0.6) is 5.75 Å². The lowest BCUT2D eigenvalue weighted by Gasteiger charge is -2.41. The van der Waals surface area contributed by atoms with Crippen molar-refractivity contribution in [2.24, 2.45) is 0 Å². The molecular weight excluding hydrogens is 248 g/mol. The highest BCUT2D eigenvalue weighted by atomic mass is 16.5. The first-order valence-electron chi connectivity index (χ1n) is 7.68. The number of nitrogens with one attached hydrogen (secondary N) is 1. The molecule has 0 saturated heterocycles. The van der Waals surface area contributed by atoms with E-state index in [1.807, 2.05) is 0 Å². The fraction of sp³-hybridized carbons (Fsp3) is 0.647. The largest absolute Gasteiger partial charge is 0.497 e. The molecule has 1 aromatic rings. The highest BCUT2D eigenvalue weighted by Crippen LogP contribution is 2.35. The van der Waals surface area contributed by atoms with Crippen LogP contribution in [0.4, 0.5) is 0 Å². The number of rotatable bonds is 5. The summed E-state index contributed by atoms with van der Waals surface area (Å²) in [6, 6.07) is 8.04. The first-order chi connectivity index (χ1) is 9.62. The Labute approximate surface area is 123 Å². The number of ether oxygens (including phenoxy) is 1. The monoisotopic (exact) mass is 276 g/mol. The lowest BCUT2D eigenvalue weighted by atomic mass is 9.82. The number of methoxy groups -OCH3 is 1. The molecule has 0 heterocycles. The lowest BCUT2D eigenvalue weighted by Crippen LogP contribution is -2.47. The van der Waals surface area contributed by atoms with Crippen LogP contribution in [0, 0.1) is 0 Å². The maximum Gasteiger partial charge on any atom is 0.119 e. The average Bonchev–Trinajstić information content (AvgIpc) is 2.51. The molecule has 3 atom stereocenters. The van der Waals surface area contributed by atoms with Crippen LogP contribution in [0.2, 0.25) is 0 Å². The molecule has 0 aliphatic heterocycles. The predicted molar refractivity (Wildman–Crippen MR) is 84.4 cm³/mol. The molecule has 2 rings (SSSR count). The molecule has 0 aromatic heterocycles. The second-order valence-electron chi connectivity index (χ2n) is 5.86. The molecule has 0 spiro atoms. The van der Waals surface area contributed by atoms with Crippen molar-refractivity contribution in [1.29, 1.82) is 0 Å². The second-order valence-corrected chi connectivity index (χ2v) is 5.86. The summed E-state index contributed by atoms with van der Waals surface area (Å²) >= 11 is 0. The summed E-state index contributed by atoms with van der Waals surface area (Å²) < 4.78 is 5.40. The molecule has 1 aliphatic carbocycles. The lowest BCUT2D eigenvalue weighted by molar-refractivity contribution is 0.131. The predicted octanol–water partition coefficient (Wildman–Crippen LogP) is 3.00. The van der Waals surface area contributed by atoms with Gasteiger partial charge in [-0.1, -0.05) is 13.0 Å². The summed E-state index contributed by atoms with van der Waals surface area (Å²) in [7, 11) is 6.06. The van der Waals surface area contributed by atoms with Crippen LogP contribution in [0.3, 0.4) is 0 Å². The van der Waals surface area contributed by atoms with E-state index in [0.717, 1.165) is 12.2 Å². The smallest absolute Gasteiger partial charge is 0.119 e. The average molecular weight is 276 g/mol. The zero-order valence-corrected chi connectivity index (χ0v) is 13.4. The molecule has 0 radical (unpaired) electrons. The quantitative estimate of drug-likeness (QED) is 0.895. The van der Waals surface area contributed by atoms with Gasteiger partial charge in [0.2, 0.25) is 0 Å². The first kappa shape index (κ1) is 15.3. The van der Waals surface area contributed by atoms with Crippen molar-refractivity contribution in [1.82, 2.24) is 10.2 Å². The Morgan fingerprint density at radius 1 is 1.45 bits per heavy atom. The van der Waals surface area contributed by atoms with Gasteiger partial charge in [0.25, 0.3) is 0 Å². The molecule has 1 N–H and O–H groups in total. The highest BCUT2D eigenvalue weighted by Gasteiger charge is 2.32. The van der Waals surface area contributed by atoms with Gasteiger partial charge in [0.1, 0.15) is 5.75 Å². The van der Waals surface area contributed by atoms with Gasteiger partial charge in [0.15, 0.2) is 0 Å². The van der Waals surface area contributed by atoms with Gasteiger partial charge < -0.3 is 10.1 Å². The number of benzene rings is 1. The van der Waals surface area contributed by atoms with Crippen LogP contribution >= 0.6 is 0 Å². The number of hydrogen-bond donors (Lipinski definition) is 1. The number of likely N-dealkylation sites (N-methyl/N-ethyl adjacent to an activating group) is 2. The van der Waals surface area contributed by atoms with Crippen molar-refractivity contribution in [2.45, 2.75) is 51.2 Å². The number of fused-ring (bicyclic) bond motifs is 1. The molecule has 3 heteroatoms. The van der Waals surface area contributed by atoms with Crippen LogP contribution in [-0.2, 0) is 6.42 Å². The molecular formula is C17H28N2O. The SMILES string of the molecule is CCC(C)N(C)C1CCc2ccc(OC)cc2C1NC. The summed E-state index contributed by atoms with van der Waals surface area (Å²) in [5.41, 5.74) is 2.86. The minimum atomic E-state index is 0.382. The minimum absolute atomic E-state index is 0.382.